The smallest absolute Gasteiger partial charge is 0.331 e. The summed E-state index contributed by atoms with van der Waals surface area (Å²) in [5, 5.41) is 1.95. The molecule has 3 rings (SSSR count). The fourth-order valence-corrected chi connectivity index (χ4v) is 3.65. The van der Waals surface area contributed by atoms with Crippen molar-refractivity contribution in [1.29, 1.82) is 0 Å². The van der Waals surface area contributed by atoms with E-state index in [0.717, 1.165) is 29.9 Å². The number of hydrogen-bond donors (Lipinski definition) is 0. The zero-order chi connectivity index (χ0) is 15.7. The van der Waals surface area contributed by atoms with Gasteiger partial charge in [-0.15, -0.1) is 11.3 Å². The van der Waals surface area contributed by atoms with Crippen LogP contribution in [0.2, 0.25) is 0 Å². The van der Waals surface area contributed by atoms with Crippen LogP contribution in [-0.2, 0) is 6.18 Å². The number of carbonyl (C=O) groups is 1. The van der Waals surface area contributed by atoms with Crippen molar-refractivity contribution in [2.45, 2.75) is 25.1 Å². The molecule has 0 saturated carbocycles. The van der Waals surface area contributed by atoms with E-state index in [9.17, 15) is 18.0 Å². The third kappa shape index (κ3) is 2.88. The fourth-order valence-electron chi connectivity index (χ4n) is 2.78. The molecular formula is C16H14F3NOS. The second kappa shape index (κ2) is 5.76. The predicted molar refractivity (Wildman–Crippen MR) is 78.8 cm³/mol. The number of nitrogens with zero attached hydrogens (tertiary/aromatic N) is 1. The van der Waals surface area contributed by atoms with E-state index in [1.165, 1.54) is 12.1 Å². The first-order valence-corrected chi connectivity index (χ1v) is 7.86. The molecule has 0 radical (unpaired) electrons. The lowest BCUT2D eigenvalue weighted by Gasteiger charge is -2.24. The lowest BCUT2D eigenvalue weighted by atomic mass is 10.1. The van der Waals surface area contributed by atoms with Crippen molar-refractivity contribution >= 4 is 17.2 Å². The molecule has 2 nitrogen and oxygen atoms in total. The molecule has 22 heavy (non-hydrogen) atoms. The topological polar surface area (TPSA) is 20.3 Å². The van der Waals surface area contributed by atoms with Gasteiger partial charge in [0.15, 0.2) is 0 Å². The molecule has 1 aliphatic rings. The zero-order valence-electron chi connectivity index (χ0n) is 11.6. The van der Waals surface area contributed by atoms with Crippen molar-refractivity contribution < 1.29 is 18.0 Å². The highest BCUT2D eigenvalue weighted by atomic mass is 32.1. The average molecular weight is 325 g/mol. The number of amides is 1. The fraction of sp³-hybridized carbons (Fsp3) is 0.312. The molecule has 1 aliphatic heterocycles. The van der Waals surface area contributed by atoms with Gasteiger partial charge in [-0.3, -0.25) is 4.79 Å². The van der Waals surface area contributed by atoms with E-state index in [1.807, 2.05) is 17.5 Å². The number of hydrogen-bond acceptors (Lipinski definition) is 2. The molecule has 2 aromatic rings. The lowest BCUT2D eigenvalue weighted by molar-refractivity contribution is -0.137. The summed E-state index contributed by atoms with van der Waals surface area (Å²) in [6, 6.07) is 8.51. The molecule has 1 atom stereocenters. The molecular weight excluding hydrogens is 311 g/mol. The second-order valence-corrected chi connectivity index (χ2v) is 6.23. The van der Waals surface area contributed by atoms with Crippen LogP contribution in [0.25, 0.3) is 0 Å². The van der Waals surface area contributed by atoms with Crippen LogP contribution >= 0.6 is 11.3 Å². The molecule has 0 N–H and O–H groups in total. The van der Waals surface area contributed by atoms with E-state index >= 15 is 0 Å². The molecule has 6 heteroatoms. The largest absolute Gasteiger partial charge is 0.416 e. The average Bonchev–Trinajstić information content (AvgIpc) is 3.16. The molecule has 1 fully saturated rings. The van der Waals surface area contributed by atoms with Crippen molar-refractivity contribution in [2.24, 2.45) is 0 Å². The normalized spacial score (nSPS) is 18.7. The molecule has 0 spiro atoms. The Bertz CT molecular complexity index is 666. The van der Waals surface area contributed by atoms with Gasteiger partial charge in [0.2, 0.25) is 0 Å². The second-order valence-electron chi connectivity index (χ2n) is 5.25. The van der Waals surface area contributed by atoms with Crippen molar-refractivity contribution in [2.75, 3.05) is 6.54 Å². The number of rotatable bonds is 2. The molecule has 1 saturated heterocycles. The van der Waals surface area contributed by atoms with E-state index < -0.39 is 11.7 Å². The van der Waals surface area contributed by atoms with Gasteiger partial charge in [0.1, 0.15) is 0 Å². The number of benzene rings is 1. The Morgan fingerprint density at radius 1 is 1.23 bits per heavy atom. The summed E-state index contributed by atoms with van der Waals surface area (Å²) in [4.78, 5) is 15.4. The van der Waals surface area contributed by atoms with Gasteiger partial charge in [0.25, 0.3) is 5.91 Å². The summed E-state index contributed by atoms with van der Waals surface area (Å²) in [7, 11) is 0. The minimum absolute atomic E-state index is 0.0259. The van der Waals surface area contributed by atoms with Gasteiger partial charge in [0, 0.05) is 17.0 Å². The van der Waals surface area contributed by atoms with Crippen LogP contribution in [0.3, 0.4) is 0 Å². The number of halogens is 3. The van der Waals surface area contributed by atoms with Gasteiger partial charge < -0.3 is 4.90 Å². The van der Waals surface area contributed by atoms with Gasteiger partial charge in [-0.25, -0.2) is 0 Å². The summed E-state index contributed by atoms with van der Waals surface area (Å²) in [5.41, 5.74) is -0.691. The van der Waals surface area contributed by atoms with E-state index in [4.69, 9.17) is 0 Å². The van der Waals surface area contributed by atoms with Gasteiger partial charge >= 0.3 is 6.18 Å². The predicted octanol–water partition coefficient (Wildman–Crippen LogP) is 4.74. The van der Waals surface area contributed by atoms with Crippen LogP contribution in [0, 0.1) is 0 Å². The summed E-state index contributed by atoms with van der Waals surface area (Å²) in [6.45, 7) is 0.581. The third-order valence-corrected chi connectivity index (χ3v) is 4.80. The maximum Gasteiger partial charge on any atom is 0.416 e. The molecule has 2 heterocycles. The highest BCUT2D eigenvalue weighted by Gasteiger charge is 2.34. The van der Waals surface area contributed by atoms with Crippen LogP contribution in [0.15, 0.2) is 41.8 Å². The molecule has 0 unspecified atom stereocenters. The van der Waals surface area contributed by atoms with Crippen LogP contribution in [0.5, 0.6) is 0 Å². The summed E-state index contributed by atoms with van der Waals surface area (Å²) >= 11 is 1.57. The van der Waals surface area contributed by atoms with Crippen LogP contribution in [0.1, 0.15) is 39.7 Å². The maximum absolute atomic E-state index is 12.8. The Balaban J connectivity index is 1.87. The summed E-state index contributed by atoms with van der Waals surface area (Å²) in [6.07, 6.45) is -2.72. The number of thiophene rings is 1. The highest BCUT2D eigenvalue weighted by molar-refractivity contribution is 7.10. The van der Waals surface area contributed by atoms with Crippen LogP contribution < -0.4 is 0 Å². The molecule has 116 valence electrons. The highest BCUT2D eigenvalue weighted by Crippen LogP contribution is 2.36. The van der Waals surface area contributed by atoms with Gasteiger partial charge in [-0.2, -0.15) is 13.2 Å². The first-order chi connectivity index (χ1) is 10.5. The minimum Gasteiger partial charge on any atom is -0.331 e. The van der Waals surface area contributed by atoms with E-state index in [-0.39, 0.29) is 17.5 Å². The maximum atomic E-state index is 12.8. The Kier molecular flexibility index (Phi) is 3.95. The molecule has 0 aliphatic carbocycles. The number of likely N-dealkylation sites (tertiary alicyclic amines) is 1. The van der Waals surface area contributed by atoms with Crippen molar-refractivity contribution in [1.82, 2.24) is 4.90 Å². The van der Waals surface area contributed by atoms with E-state index in [2.05, 4.69) is 0 Å². The Morgan fingerprint density at radius 2 is 2.05 bits per heavy atom. The standard InChI is InChI=1S/C16H14F3NOS/c17-16(18,19)12-5-1-4-11(10-12)15(21)20-8-2-6-13(20)14-7-3-9-22-14/h1,3-5,7,9-10,13H,2,6,8H2/t13-/m0/s1. The number of alkyl halides is 3. The lowest BCUT2D eigenvalue weighted by Crippen LogP contribution is -2.30. The van der Waals surface area contributed by atoms with E-state index in [0.29, 0.717) is 6.54 Å². The quantitative estimate of drug-likeness (QED) is 0.781. The molecule has 1 aromatic heterocycles. The van der Waals surface area contributed by atoms with Crippen molar-refractivity contribution in [3.63, 3.8) is 0 Å². The molecule has 0 bridgehead atoms. The van der Waals surface area contributed by atoms with Crippen LogP contribution in [0.4, 0.5) is 13.2 Å². The first kappa shape index (κ1) is 15.1. The van der Waals surface area contributed by atoms with Gasteiger partial charge in [0.05, 0.1) is 11.6 Å². The molecule has 1 amide bonds. The minimum atomic E-state index is -4.44. The Hall–Kier alpha value is -1.82. The SMILES string of the molecule is O=C(c1cccc(C(F)(F)F)c1)N1CCC[C@H]1c1cccs1. The summed E-state index contributed by atoms with van der Waals surface area (Å²) in [5.74, 6) is -0.331. The first-order valence-electron chi connectivity index (χ1n) is 6.98. The van der Waals surface area contributed by atoms with Crippen LogP contribution in [-0.4, -0.2) is 17.4 Å². The monoisotopic (exact) mass is 325 g/mol. The zero-order valence-corrected chi connectivity index (χ0v) is 12.5. The third-order valence-electron chi connectivity index (χ3n) is 3.82. The van der Waals surface area contributed by atoms with Crippen molar-refractivity contribution in [3.8, 4) is 0 Å². The number of carbonyl (C=O) groups excluding carboxylic acids is 1. The van der Waals surface area contributed by atoms with Gasteiger partial charge in [-0.05, 0) is 42.5 Å². The van der Waals surface area contributed by atoms with Gasteiger partial charge in [-0.1, -0.05) is 12.1 Å². The molecule has 1 aromatic carbocycles. The Morgan fingerprint density at radius 3 is 2.73 bits per heavy atom. The van der Waals surface area contributed by atoms with E-state index in [1.54, 1.807) is 16.2 Å². The Labute approximate surface area is 130 Å². The summed E-state index contributed by atoms with van der Waals surface area (Å²) < 4.78 is 38.4. The van der Waals surface area contributed by atoms with Crippen molar-refractivity contribution in [3.05, 3.63) is 57.8 Å².